The maximum atomic E-state index is 12.8. The molecule has 1 amide bonds. The van der Waals surface area contributed by atoms with Crippen LogP contribution >= 0.6 is 11.8 Å². The summed E-state index contributed by atoms with van der Waals surface area (Å²) in [5, 5.41) is 9.40. The van der Waals surface area contributed by atoms with Crippen molar-refractivity contribution in [1.29, 1.82) is 5.26 Å². The van der Waals surface area contributed by atoms with Crippen LogP contribution in [0.2, 0.25) is 0 Å². The first-order valence-corrected chi connectivity index (χ1v) is 8.32. The highest BCUT2D eigenvalue weighted by Gasteiger charge is 2.23. The zero-order chi connectivity index (χ0) is 16.7. The highest BCUT2D eigenvalue weighted by molar-refractivity contribution is 8.00. The molecule has 4 nitrogen and oxygen atoms in total. The first-order valence-electron chi connectivity index (χ1n) is 7.44. The Morgan fingerprint density at radius 2 is 2.04 bits per heavy atom. The Balaban J connectivity index is 2.15. The Morgan fingerprint density at radius 1 is 1.30 bits per heavy atom. The Hall–Kier alpha value is -2.32. The molecule has 23 heavy (non-hydrogen) atoms. The van der Waals surface area contributed by atoms with Gasteiger partial charge in [-0.25, -0.2) is 4.98 Å². The summed E-state index contributed by atoms with van der Waals surface area (Å²) in [5.41, 5.74) is 1.96. The topological polar surface area (TPSA) is 57.0 Å². The molecule has 1 aromatic carbocycles. The van der Waals surface area contributed by atoms with Crippen molar-refractivity contribution in [3.05, 3.63) is 54.2 Å². The molecule has 0 saturated heterocycles. The van der Waals surface area contributed by atoms with Gasteiger partial charge in [-0.3, -0.25) is 4.79 Å². The van der Waals surface area contributed by atoms with Gasteiger partial charge >= 0.3 is 0 Å². The molecule has 0 aliphatic rings. The van der Waals surface area contributed by atoms with Crippen LogP contribution in [0.3, 0.4) is 0 Å². The first-order chi connectivity index (χ1) is 11.1. The number of hydrogen-bond acceptors (Lipinski definition) is 4. The van der Waals surface area contributed by atoms with Crippen LogP contribution in [0, 0.1) is 18.3 Å². The maximum absolute atomic E-state index is 12.8. The van der Waals surface area contributed by atoms with Crippen LogP contribution in [0.15, 0.2) is 53.7 Å². The minimum Gasteiger partial charge on any atom is -0.310 e. The Labute approximate surface area is 141 Å². The molecule has 0 bridgehead atoms. The zero-order valence-electron chi connectivity index (χ0n) is 13.3. The van der Waals surface area contributed by atoms with Gasteiger partial charge in [-0.15, -0.1) is 0 Å². The molecule has 0 fully saturated rings. The van der Waals surface area contributed by atoms with Crippen LogP contribution in [0.1, 0.15) is 18.9 Å². The molecule has 1 atom stereocenters. The number of anilines is 1. The second kappa shape index (κ2) is 8.35. The number of aromatic nitrogens is 1. The lowest BCUT2D eigenvalue weighted by Gasteiger charge is -2.25. The molecule has 0 spiro atoms. The molecule has 0 unspecified atom stereocenters. The Kier molecular flexibility index (Phi) is 6.19. The minimum atomic E-state index is -0.273. The summed E-state index contributed by atoms with van der Waals surface area (Å²) in [4.78, 5) is 18.7. The van der Waals surface area contributed by atoms with Crippen molar-refractivity contribution in [3.8, 4) is 6.07 Å². The lowest BCUT2D eigenvalue weighted by molar-refractivity contribution is -0.117. The molecule has 1 heterocycles. The number of pyridine rings is 1. The minimum absolute atomic E-state index is 0.0141. The fourth-order valence-corrected chi connectivity index (χ4v) is 2.99. The summed E-state index contributed by atoms with van der Waals surface area (Å²) in [6.45, 7) is 4.27. The van der Waals surface area contributed by atoms with Gasteiger partial charge in [0.1, 0.15) is 0 Å². The van der Waals surface area contributed by atoms with E-state index in [9.17, 15) is 4.79 Å². The number of aryl methyl sites for hydroxylation is 1. The van der Waals surface area contributed by atoms with Crippen molar-refractivity contribution in [3.63, 3.8) is 0 Å². The molecule has 0 N–H and O–H groups in total. The van der Waals surface area contributed by atoms with E-state index in [-0.39, 0.29) is 11.2 Å². The van der Waals surface area contributed by atoms with E-state index in [1.54, 1.807) is 11.1 Å². The molecule has 0 saturated carbocycles. The van der Waals surface area contributed by atoms with Gasteiger partial charge in [-0.1, -0.05) is 35.5 Å². The van der Waals surface area contributed by atoms with Crippen LogP contribution < -0.4 is 4.90 Å². The third-order valence-corrected chi connectivity index (χ3v) is 4.38. The average molecular weight is 325 g/mol. The van der Waals surface area contributed by atoms with Crippen molar-refractivity contribution < 1.29 is 4.79 Å². The average Bonchev–Trinajstić information content (AvgIpc) is 2.57. The number of carbonyl (C=O) groups is 1. The Bertz CT molecular complexity index is 680. The number of hydrogen-bond donors (Lipinski definition) is 0. The van der Waals surface area contributed by atoms with E-state index in [2.05, 4.69) is 11.1 Å². The van der Waals surface area contributed by atoms with Crippen LogP contribution in [-0.4, -0.2) is 22.7 Å². The van der Waals surface area contributed by atoms with Crippen molar-refractivity contribution >= 4 is 23.4 Å². The highest BCUT2D eigenvalue weighted by Crippen LogP contribution is 2.25. The van der Waals surface area contributed by atoms with Crippen molar-refractivity contribution in [1.82, 2.24) is 4.98 Å². The monoisotopic (exact) mass is 325 g/mol. The predicted octanol–water partition coefficient (Wildman–Crippen LogP) is 3.82. The highest BCUT2D eigenvalue weighted by atomic mass is 32.2. The fourth-order valence-electron chi connectivity index (χ4n) is 2.12. The van der Waals surface area contributed by atoms with Gasteiger partial charge in [0.05, 0.1) is 22.8 Å². The van der Waals surface area contributed by atoms with E-state index >= 15 is 0 Å². The molecule has 118 valence electrons. The van der Waals surface area contributed by atoms with Gasteiger partial charge in [0.2, 0.25) is 5.91 Å². The van der Waals surface area contributed by atoms with Gasteiger partial charge in [-0.2, -0.15) is 5.26 Å². The standard InChI is InChI=1S/C18H19N3OS/c1-14-7-9-16(10-8-14)21(13-5-11-19)18(22)15(2)23-17-6-3-4-12-20-17/h3-4,6-10,12,15H,5,13H2,1-2H3/t15-/m1/s1. The molecule has 1 aromatic heterocycles. The molecular weight excluding hydrogens is 306 g/mol. The number of nitriles is 1. The van der Waals surface area contributed by atoms with E-state index in [0.717, 1.165) is 16.3 Å². The van der Waals surface area contributed by atoms with Crippen LogP contribution in [0.25, 0.3) is 0 Å². The van der Waals surface area contributed by atoms with Crippen LogP contribution in [0.4, 0.5) is 5.69 Å². The van der Waals surface area contributed by atoms with Crippen molar-refractivity contribution in [2.75, 3.05) is 11.4 Å². The molecule has 0 aliphatic heterocycles. The lowest BCUT2D eigenvalue weighted by Crippen LogP contribution is -2.37. The third-order valence-electron chi connectivity index (χ3n) is 3.34. The predicted molar refractivity (Wildman–Crippen MR) is 93.3 cm³/mol. The van der Waals surface area contributed by atoms with Crippen molar-refractivity contribution in [2.45, 2.75) is 30.5 Å². The normalized spacial score (nSPS) is 11.5. The first kappa shape index (κ1) is 17.0. The second-order valence-corrected chi connectivity index (χ2v) is 6.52. The van der Waals surface area contributed by atoms with Gasteiger partial charge in [0.25, 0.3) is 0 Å². The van der Waals surface area contributed by atoms with Gasteiger partial charge < -0.3 is 4.90 Å². The zero-order valence-corrected chi connectivity index (χ0v) is 14.1. The molecular formula is C18H19N3OS. The quantitative estimate of drug-likeness (QED) is 0.758. The number of benzene rings is 1. The summed E-state index contributed by atoms with van der Waals surface area (Å²) in [7, 11) is 0. The smallest absolute Gasteiger partial charge is 0.240 e. The van der Waals surface area contributed by atoms with Crippen LogP contribution in [0.5, 0.6) is 0 Å². The lowest BCUT2D eigenvalue weighted by atomic mass is 10.2. The Morgan fingerprint density at radius 3 is 2.65 bits per heavy atom. The van der Waals surface area contributed by atoms with E-state index < -0.39 is 0 Å². The van der Waals surface area contributed by atoms with E-state index in [0.29, 0.717) is 13.0 Å². The summed E-state index contributed by atoms with van der Waals surface area (Å²) < 4.78 is 0. The van der Waals surface area contributed by atoms with E-state index in [1.807, 2.05) is 56.3 Å². The van der Waals surface area contributed by atoms with Gasteiger partial charge in [-0.05, 0) is 38.1 Å². The van der Waals surface area contributed by atoms with Crippen LogP contribution in [-0.2, 0) is 4.79 Å². The SMILES string of the molecule is Cc1ccc(N(CCC#N)C(=O)[C@@H](C)Sc2ccccn2)cc1. The van der Waals surface area contributed by atoms with Gasteiger partial charge in [0, 0.05) is 18.4 Å². The van der Waals surface area contributed by atoms with Crippen molar-refractivity contribution in [2.24, 2.45) is 0 Å². The van der Waals surface area contributed by atoms with E-state index in [4.69, 9.17) is 5.26 Å². The fraction of sp³-hybridized carbons (Fsp3) is 0.278. The third kappa shape index (κ3) is 4.83. The largest absolute Gasteiger partial charge is 0.310 e. The summed E-state index contributed by atoms with van der Waals surface area (Å²) in [6.07, 6.45) is 2.02. The number of rotatable bonds is 6. The number of carbonyl (C=O) groups excluding carboxylic acids is 1. The number of amides is 1. The molecule has 2 rings (SSSR count). The van der Waals surface area contributed by atoms with Gasteiger partial charge in [0.15, 0.2) is 0 Å². The summed E-state index contributed by atoms with van der Waals surface area (Å²) >= 11 is 1.43. The molecule has 0 radical (unpaired) electrons. The second-order valence-electron chi connectivity index (χ2n) is 5.16. The summed E-state index contributed by atoms with van der Waals surface area (Å²) in [6, 6.07) is 15.5. The molecule has 5 heteroatoms. The number of thioether (sulfide) groups is 1. The summed E-state index contributed by atoms with van der Waals surface area (Å²) in [5.74, 6) is -0.0141. The number of nitrogens with zero attached hydrogens (tertiary/aromatic N) is 3. The molecule has 0 aliphatic carbocycles. The molecule has 2 aromatic rings. The van der Waals surface area contributed by atoms with E-state index in [1.165, 1.54) is 11.8 Å². The maximum Gasteiger partial charge on any atom is 0.240 e.